The van der Waals surface area contributed by atoms with Crippen LogP contribution in [0.3, 0.4) is 0 Å². The highest BCUT2D eigenvalue weighted by molar-refractivity contribution is 5.97. The van der Waals surface area contributed by atoms with Crippen molar-refractivity contribution in [2.45, 2.75) is 40.2 Å². The lowest BCUT2D eigenvalue weighted by Crippen LogP contribution is -2.40. The number of aliphatic hydroxyl groups is 1. The van der Waals surface area contributed by atoms with Crippen molar-refractivity contribution in [1.29, 1.82) is 0 Å². The second kappa shape index (κ2) is 5.33. The van der Waals surface area contributed by atoms with Crippen LogP contribution in [0.25, 0.3) is 0 Å². The average Bonchev–Trinajstić information content (AvgIpc) is 2.68. The van der Waals surface area contributed by atoms with Crippen molar-refractivity contribution in [2.24, 2.45) is 5.92 Å². The van der Waals surface area contributed by atoms with Crippen molar-refractivity contribution < 1.29 is 9.90 Å². The summed E-state index contributed by atoms with van der Waals surface area (Å²) in [6.45, 7) is 8.92. The molecule has 2 atom stereocenters. The van der Waals surface area contributed by atoms with Crippen molar-refractivity contribution in [3.63, 3.8) is 0 Å². The minimum atomic E-state index is -0.0346. The van der Waals surface area contributed by atoms with Crippen molar-refractivity contribution in [1.82, 2.24) is 4.90 Å². The molecule has 19 heavy (non-hydrogen) atoms. The summed E-state index contributed by atoms with van der Waals surface area (Å²) in [5.41, 5.74) is 4.04. The summed E-state index contributed by atoms with van der Waals surface area (Å²) in [4.78, 5) is 14.6. The Morgan fingerprint density at radius 1 is 1.32 bits per heavy atom. The number of rotatable bonds is 2. The van der Waals surface area contributed by atoms with Crippen molar-refractivity contribution >= 4 is 5.91 Å². The first-order valence-corrected chi connectivity index (χ1v) is 6.95. The topological polar surface area (TPSA) is 40.5 Å². The fraction of sp³-hybridized carbons (Fsp3) is 0.562. The molecule has 1 aliphatic rings. The van der Waals surface area contributed by atoms with Gasteiger partial charge >= 0.3 is 0 Å². The Labute approximate surface area is 115 Å². The van der Waals surface area contributed by atoms with Gasteiger partial charge in [-0.05, 0) is 44.2 Å². The van der Waals surface area contributed by atoms with E-state index in [1.165, 1.54) is 5.56 Å². The SMILES string of the molecule is Cc1cc(C)c(C(=O)N2CCC(C)C2CO)c(C)c1. The van der Waals surface area contributed by atoms with E-state index < -0.39 is 0 Å². The van der Waals surface area contributed by atoms with E-state index >= 15 is 0 Å². The third-order valence-corrected chi connectivity index (χ3v) is 4.22. The number of benzene rings is 1. The molecule has 2 rings (SSSR count). The molecule has 0 spiro atoms. The van der Waals surface area contributed by atoms with E-state index in [1.807, 2.05) is 37.8 Å². The Hall–Kier alpha value is -1.35. The third-order valence-electron chi connectivity index (χ3n) is 4.22. The van der Waals surface area contributed by atoms with Gasteiger partial charge in [0.25, 0.3) is 5.91 Å². The van der Waals surface area contributed by atoms with Crippen LogP contribution < -0.4 is 0 Å². The molecule has 0 aliphatic carbocycles. The summed E-state index contributed by atoms with van der Waals surface area (Å²) in [6, 6.07) is 4.06. The number of aliphatic hydroxyl groups excluding tert-OH is 1. The largest absolute Gasteiger partial charge is 0.394 e. The molecule has 0 radical (unpaired) electrons. The third kappa shape index (κ3) is 2.52. The second-order valence-corrected chi connectivity index (χ2v) is 5.79. The van der Waals surface area contributed by atoms with E-state index in [1.54, 1.807) is 0 Å². The van der Waals surface area contributed by atoms with Crippen LogP contribution >= 0.6 is 0 Å². The van der Waals surface area contributed by atoms with Gasteiger partial charge in [-0.1, -0.05) is 24.6 Å². The maximum absolute atomic E-state index is 12.7. The molecular formula is C16H23NO2. The highest BCUT2D eigenvalue weighted by Gasteiger charge is 2.35. The molecule has 1 amide bonds. The number of likely N-dealkylation sites (tertiary alicyclic amines) is 1. The number of hydrogen-bond acceptors (Lipinski definition) is 2. The molecule has 1 aromatic carbocycles. The first-order valence-electron chi connectivity index (χ1n) is 6.95. The van der Waals surface area contributed by atoms with Gasteiger partial charge in [-0.25, -0.2) is 0 Å². The summed E-state index contributed by atoms with van der Waals surface area (Å²) in [6.07, 6.45) is 0.973. The molecule has 1 saturated heterocycles. The molecule has 3 heteroatoms. The number of amides is 1. The lowest BCUT2D eigenvalue weighted by molar-refractivity contribution is 0.0646. The number of hydrogen-bond donors (Lipinski definition) is 1. The lowest BCUT2D eigenvalue weighted by Gasteiger charge is -2.26. The molecule has 0 saturated carbocycles. The van der Waals surface area contributed by atoms with Crippen molar-refractivity contribution in [3.8, 4) is 0 Å². The van der Waals surface area contributed by atoms with E-state index in [2.05, 4.69) is 6.92 Å². The number of carbonyl (C=O) groups excluding carboxylic acids is 1. The predicted molar refractivity (Wildman–Crippen MR) is 76.3 cm³/mol. The van der Waals surface area contributed by atoms with E-state index in [0.29, 0.717) is 5.92 Å². The maximum atomic E-state index is 12.7. The molecule has 1 N–H and O–H groups in total. The molecule has 1 heterocycles. The van der Waals surface area contributed by atoms with Gasteiger partial charge in [0.2, 0.25) is 0 Å². The zero-order chi connectivity index (χ0) is 14.2. The van der Waals surface area contributed by atoms with Crippen LogP contribution in [0.2, 0.25) is 0 Å². The van der Waals surface area contributed by atoms with Crippen LogP contribution in [0.1, 0.15) is 40.4 Å². The van der Waals surface area contributed by atoms with Crippen LogP contribution in [0.15, 0.2) is 12.1 Å². The highest BCUT2D eigenvalue weighted by atomic mass is 16.3. The molecule has 1 aromatic rings. The van der Waals surface area contributed by atoms with Gasteiger partial charge < -0.3 is 10.0 Å². The molecular weight excluding hydrogens is 238 g/mol. The van der Waals surface area contributed by atoms with Gasteiger partial charge in [0.15, 0.2) is 0 Å². The fourth-order valence-electron chi connectivity index (χ4n) is 3.20. The smallest absolute Gasteiger partial charge is 0.254 e. The minimum absolute atomic E-state index is 0.0346. The Balaban J connectivity index is 2.35. The molecule has 1 aliphatic heterocycles. The summed E-state index contributed by atoms with van der Waals surface area (Å²) in [5, 5.41) is 9.49. The summed E-state index contributed by atoms with van der Waals surface area (Å²) in [7, 11) is 0. The van der Waals surface area contributed by atoms with Crippen molar-refractivity contribution in [3.05, 3.63) is 34.4 Å². The van der Waals surface area contributed by atoms with E-state index in [-0.39, 0.29) is 18.6 Å². The Bertz CT molecular complexity index is 473. The van der Waals surface area contributed by atoms with E-state index in [9.17, 15) is 9.90 Å². The van der Waals surface area contributed by atoms with Crippen LogP contribution in [-0.2, 0) is 0 Å². The van der Waals surface area contributed by atoms with Gasteiger partial charge in [-0.3, -0.25) is 4.79 Å². The fourth-order valence-corrected chi connectivity index (χ4v) is 3.20. The first kappa shape index (κ1) is 14.1. The number of nitrogens with zero attached hydrogens (tertiary/aromatic N) is 1. The van der Waals surface area contributed by atoms with Gasteiger partial charge in [0.1, 0.15) is 0 Å². The molecule has 2 unspecified atom stereocenters. The summed E-state index contributed by atoms with van der Waals surface area (Å²) in [5.74, 6) is 0.443. The lowest BCUT2D eigenvalue weighted by atomic mass is 9.98. The maximum Gasteiger partial charge on any atom is 0.254 e. The molecule has 0 aromatic heterocycles. The average molecular weight is 261 g/mol. The highest BCUT2D eigenvalue weighted by Crippen LogP contribution is 2.27. The molecule has 3 nitrogen and oxygen atoms in total. The van der Waals surface area contributed by atoms with Gasteiger partial charge in [0.05, 0.1) is 12.6 Å². The standard InChI is InChI=1S/C16H23NO2/c1-10-7-12(3)15(13(4)8-10)16(19)17-6-5-11(2)14(17)9-18/h7-8,11,14,18H,5-6,9H2,1-4H3. The number of aryl methyl sites for hydroxylation is 3. The van der Waals surface area contributed by atoms with Crippen LogP contribution in [0, 0.1) is 26.7 Å². The Morgan fingerprint density at radius 2 is 1.89 bits per heavy atom. The molecule has 104 valence electrons. The zero-order valence-electron chi connectivity index (χ0n) is 12.2. The van der Waals surface area contributed by atoms with Crippen LogP contribution in [0.4, 0.5) is 0 Å². The monoisotopic (exact) mass is 261 g/mol. The number of carbonyl (C=O) groups is 1. The predicted octanol–water partition coefficient (Wildman–Crippen LogP) is 2.45. The zero-order valence-corrected chi connectivity index (χ0v) is 12.2. The Morgan fingerprint density at radius 3 is 2.42 bits per heavy atom. The molecule has 0 bridgehead atoms. The van der Waals surface area contributed by atoms with E-state index in [0.717, 1.165) is 29.7 Å². The van der Waals surface area contributed by atoms with Gasteiger partial charge in [-0.15, -0.1) is 0 Å². The van der Waals surface area contributed by atoms with Crippen LogP contribution in [-0.4, -0.2) is 35.1 Å². The minimum Gasteiger partial charge on any atom is -0.394 e. The van der Waals surface area contributed by atoms with E-state index in [4.69, 9.17) is 0 Å². The second-order valence-electron chi connectivity index (χ2n) is 5.79. The normalized spacial score (nSPS) is 22.9. The van der Waals surface area contributed by atoms with Gasteiger partial charge in [-0.2, -0.15) is 0 Å². The first-order chi connectivity index (χ1) is 8.95. The van der Waals surface area contributed by atoms with Crippen LogP contribution in [0.5, 0.6) is 0 Å². The summed E-state index contributed by atoms with van der Waals surface area (Å²) >= 11 is 0. The Kier molecular flexibility index (Phi) is 3.95. The quantitative estimate of drug-likeness (QED) is 0.888. The van der Waals surface area contributed by atoms with Crippen molar-refractivity contribution in [2.75, 3.05) is 13.2 Å². The van der Waals surface area contributed by atoms with Gasteiger partial charge in [0, 0.05) is 12.1 Å². The molecule has 1 fully saturated rings. The summed E-state index contributed by atoms with van der Waals surface area (Å²) < 4.78 is 0.